The van der Waals surface area contributed by atoms with Crippen molar-refractivity contribution >= 4 is 22.8 Å². The minimum atomic E-state index is 0.0780. The van der Waals surface area contributed by atoms with Crippen LogP contribution in [0.4, 0.5) is 0 Å². The molecule has 1 aromatic heterocycles. The maximum absolute atomic E-state index is 12.4. The highest BCUT2D eigenvalue weighted by Crippen LogP contribution is 2.17. The summed E-state index contributed by atoms with van der Waals surface area (Å²) in [5.41, 5.74) is 4.29. The number of aromatic amines is 1. The molecule has 158 valence electrons. The van der Waals surface area contributed by atoms with Crippen LogP contribution in [0.15, 0.2) is 59.7 Å². The lowest BCUT2D eigenvalue weighted by Gasteiger charge is -2.18. The van der Waals surface area contributed by atoms with Crippen molar-refractivity contribution in [2.45, 2.75) is 26.8 Å². The minimum absolute atomic E-state index is 0.0780. The number of hydrogen-bond acceptors (Lipinski definition) is 2. The largest absolute Gasteiger partial charge is 0.361 e. The molecule has 0 atom stereocenters. The number of hydrogen-bond donors (Lipinski definition) is 3. The molecule has 0 radical (unpaired) electrons. The summed E-state index contributed by atoms with van der Waals surface area (Å²) in [5.74, 6) is 0.840. The Morgan fingerprint density at radius 1 is 1.03 bits per heavy atom. The molecule has 0 fully saturated rings. The fourth-order valence-corrected chi connectivity index (χ4v) is 3.52. The number of nitrogens with one attached hydrogen (secondary N) is 3. The van der Waals surface area contributed by atoms with Crippen molar-refractivity contribution in [1.29, 1.82) is 0 Å². The third-order valence-electron chi connectivity index (χ3n) is 5.30. The number of rotatable bonds is 8. The first-order chi connectivity index (χ1) is 14.7. The Labute approximate surface area is 178 Å². The maximum Gasteiger partial charge on any atom is 0.253 e. The number of carbonyl (C=O) groups is 1. The van der Waals surface area contributed by atoms with E-state index in [0.717, 1.165) is 48.7 Å². The number of carbonyl (C=O) groups excluding carboxylic acids is 1. The predicted molar refractivity (Wildman–Crippen MR) is 124 cm³/mol. The predicted octanol–water partition coefficient (Wildman–Crippen LogP) is 3.56. The van der Waals surface area contributed by atoms with E-state index in [1.54, 1.807) is 7.05 Å². The SMILES string of the molecule is CCN(CC)C(=O)c1ccc(CNC(=NC)NCCc2c[nH]c3ccccc23)cc1. The fourth-order valence-electron chi connectivity index (χ4n) is 3.52. The number of aromatic nitrogens is 1. The second kappa shape index (κ2) is 10.5. The summed E-state index contributed by atoms with van der Waals surface area (Å²) in [6, 6.07) is 16.1. The zero-order valence-corrected chi connectivity index (χ0v) is 18.0. The highest BCUT2D eigenvalue weighted by molar-refractivity contribution is 5.94. The number of para-hydroxylation sites is 1. The van der Waals surface area contributed by atoms with Crippen LogP contribution < -0.4 is 10.6 Å². The van der Waals surface area contributed by atoms with Gasteiger partial charge < -0.3 is 20.5 Å². The molecule has 0 saturated carbocycles. The number of nitrogens with zero attached hydrogens (tertiary/aromatic N) is 2. The molecular weight excluding hydrogens is 374 g/mol. The summed E-state index contributed by atoms with van der Waals surface area (Å²) in [6.07, 6.45) is 2.98. The van der Waals surface area contributed by atoms with Gasteiger partial charge >= 0.3 is 0 Å². The second-order valence-corrected chi connectivity index (χ2v) is 7.14. The second-order valence-electron chi connectivity index (χ2n) is 7.14. The van der Waals surface area contributed by atoms with E-state index >= 15 is 0 Å². The Balaban J connectivity index is 1.49. The molecule has 0 bridgehead atoms. The molecule has 3 rings (SSSR count). The van der Waals surface area contributed by atoms with Gasteiger partial charge in [0.2, 0.25) is 0 Å². The lowest BCUT2D eigenvalue weighted by Crippen LogP contribution is -2.37. The van der Waals surface area contributed by atoms with Gasteiger partial charge in [0.25, 0.3) is 5.91 Å². The molecule has 6 nitrogen and oxygen atoms in total. The van der Waals surface area contributed by atoms with Crippen LogP contribution in [0.2, 0.25) is 0 Å². The summed E-state index contributed by atoms with van der Waals surface area (Å²) >= 11 is 0. The van der Waals surface area contributed by atoms with E-state index in [2.05, 4.69) is 45.0 Å². The molecule has 6 heteroatoms. The average Bonchev–Trinajstić information content (AvgIpc) is 3.20. The summed E-state index contributed by atoms with van der Waals surface area (Å²) in [4.78, 5) is 21.8. The zero-order valence-electron chi connectivity index (χ0n) is 18.0. The smallest absolute Gasteiger partial charge is 0.253 e. The van der Waals surface area contributed by atoms with Crippen molar-refractivity contribution < 1.29 is 4.79 Å². The van der Waals surface area contributed by atoms with Crippen LogP contribution in [0.1, 0.15) is 35.3 Å². The highest BCUT2D eigenvalue weighted by Gasteiger charge is 2.12. The summed E-state index contributed by atoms with van der Waals surface area (Å²) in [6.45, 7) is 6.87. The molecule has 3 aromatic rings. The lowest BCUT2D eigenvalue weighted by atomic mass is 10.1. The van der Waals surface area contributed by atoms with E-state index in [4.69, 9.17) is 0 Å². The van der Waals surface area contributed by atoms with Crippen LogP contribution in [-0.4, -0.2) is 48.4 Å². The number of fused-ring (bicyclic) bond motifs is 1. The van der Waals surface area contributed by atoms with Gasteiger partial charge in [-0.2, -0.15) is 0 Å². The summed E-state index contributed by atoms with van der Waals surface area (Å²) in [5, 5.41) is 7.96. The van der Waals surface area contributed by atoms with Crippen molar-refractivity contribution in [3.8, 4) is 0 Å². The monoisotopic (exact) mass is 405 g/mol. The van der Waals surface area contributed by atoms with Gasteiger partial charge in [0.1, 0.15) is 0 Å². The van der Waals surface area contributed by atoms with E-state index in [1.807, 2.05) is 49.1 Å². The molecule has 3 N–H and O–H groups in total. The van der Waals surface area contributed by atoms with Crippen molar-refractivity contribution in [1.82, 2.24) is 20.5 Å². The van der Waals surface area contributed by atoms with Crippen LogP contribution in [0.25, 0.3) is 10.9 Å². The molecular formula is C24H31N5O. The first-order valence-electron chi connectivity index (χ1n) is 10.5. The first-order valence-corrected chi connectivity index (χ1v) is 10.5. The molecule has 30 heavy (non-hydrogen) atoms. The Morgan fingerprint density at radius 2 is 1.77 bits per heavy atom. The summed E-state index contributed by atoms with van der Waals surface area (Å²) in [7, 11) is 1.77. The Hall–Kier alpha value is -3.28. The van der Waals surface area contributed by atoms with Gasteiger partial charge in [0, 0.05) is 55.9 Å². The van der Waals surface area contributed by atoms with Gasteiger partial charge in [-0.25, -0.2) is 0 Å². The Bertz CT molecular complexity index is 986. The molecule has 2 aromatic carbocycles. The lowest BCUT2D eigenvalue weighted by molar-refractivity contribution is 0.0773. The van der Waals surface area contributed by atoms with E-state index < -0.39 is 0 Å². The van der Waals surface area contributed by atoms with Crippen molar-refractivity contribution in [3.63, 3.8) is 0 Å². The maximum atomic E-state index is 12.4. The zero-order chi connectivity index (χ0) is 21.3. The Kier molecular flexibility index (Phi) is 7.49. The van der Waals surface area contributed by atoms with E-state index in [9.17, 15) is 4.79 Å². The van der Waals surface area contributed by atoms with Crippen molar-refractivity contribution in [2.75, 3.05) is 26.7 Å². The number of guanidine groups is 1. The summed E-state index contributed by atoms with van der Waals surface area (Å²) < 4.78 is 0. The molecule has 1 heterocycles. The van der Waals surface area contributed by atoms with Crippen LogP contribution in [0, 0.1) is 0 Å². The third-order valence-corrected chi connectivity index (χ3v) is 5.30. The van der Waals surface area contributed by atoms with E-state index in [1.165, 1.54) is 10.9 Å². The van der Waals surface area contributed by atoms with Crippen LogP contribution in [0.3, 0.4) is 0 Å². The molecule has 0 aliphatic carbocycles. The van der Waals surface area contributed by atoms with Crippen molar-refractivity contribution in [2.24, 2.45) is 4.99 Å². The third kappa shape index (κ3) is 5.20. The average molecular weight is 406 g/mol. The molecule has 0 unspecified atom stereocenters. The van der Waals surface area contributed by atoms with Gasteiger partial charge in [-0.1, -0.05) is 30.3 Å². The number of benzene rings is 2. The van der Waals surface area contributed by atoms with Gasteiger partial charge in [-0.3, -0.25) is 9.79 Å². The molecule has 0 spiro atoms. The van der Waals surface area contributed by atoms with Gasteiger partial charge in [0.05, 0.1) is 0 Å². The van der Waals surface area contributed by atoms with Crippen LogP contribution in [-0.2, 0) is 13.0 Å². The van der Waals surface area contributed by atoms with E-state index in [-0.39, 0.29) is 5.91 Å². The Morgan fingerprint density at radius 3 is 2.47 bits per heavy atom. The number of amides is 1. The van der Waals surface area contributed by atoms with Crippen LogP contribution in [0.5, 0.6) is 0 Å². The van der Waals surface area contributed by atoms with Crippen molar-refractivity contribution in [3.05, 3.63) is 71.4 Å². The molecule has 0 saturated heterocycles. The fraction of sp³-hybridized carbons (Fsp3) is 0.333. The first kappa shape index (κ1) is 21.4. The van der Waals surface area contributed by atoms with E-state index in [0.29, 0.717) is 6.54 Å². The topological polar surface area (TPSA) is 72.5 Å². The molecule has 0 aliphatic heterocycles. The standard InChI is InChI=1S/C24H31N5O/c1-4-29(5-2)23(30)19-12-10-18(11-13-19)16-28-24(25-3)26-15-14-20-17-27-22-9-7-6-8-21(20)22/h6-13,17,27H,4-5,14-16H2,1-3H3,(H2,25,26,28). The molecule has 1 amide bonds. The number of aliphatic imine (C=N–C) groups is 1. The van der Waals surface area contributed by atoms with Gasteiger partial charge in [-0.05, 0) is 49.6 Å². The van der Waals surface area contributed by atoms with Gasteiger partial charge in [0.15, 0.2) is 5.96 Å². The highest BCUT2D eigenvalue weighted by atomic mass is 16.2. The van der Waals surface area contributed by atoms with Gasteiger partial charge in [-0.15, -0.1) is 0 Å². The minimum Gasteiger partial charge on any atom is -0.361 e. The molecule has 0 aliphatic rings. The normalized spacial score (nSPS) is 11.5. The van der Waals surface area contributed by atoms with Crippen LogP contribution >= 0.6 is 0 Å². The number of H-pyrrole nitrogens is 1. The quantitative estimate of drug-likeness (QED) is 0.396.